The summed E-state index contributed by atoms with van der Waals surface area (Å²) in [4.78, 5) is 6.74. The fraction of sp³-hybridized carbons (Fsp3) is 0.583. The summed E-state index contributed by atoms with van der Waals surface area (Å²) >= 11 is 1.65. The van der Waals surface area contributed by atoms with E-state index in [1.807, 2.05) is 12.4 Å². The predicted octanol–water partition coefficient (Wildman–Crippen LogP) is 1.57. The zero-order valence-corrected chi connectivity index (χ0v) is 11.9. The lowest BCUT2D eigenvalue weighted by Crippen LogP contribution is -2.33. The number of rotatable bonds is 5. The molecule has 3 rings (SSSR count). The van der Waals surface area contributed by atoms with Crippen LogP contribution in [0.1, 0.15) is 24.2 Å². The van der Waals surface area contributed by atoms with Gasteiger partial charge in [-0.25, -0.2) is 4.98 Å². The second-order valence-corrected chi connectivity index (χ2v) is 5.74. The summed E-state index contributed by atoms with van der Waals surface area (Å²) in [6.07, 6.45) is 5.02. The van der Waals surface area contributed by atoms with Crippen molar-refractivity contribution in [3.05, 3.63) is 23.2 Å². The molecule has 2 aromatic rings. The van der Waals surface area contributed by atoms with Gasteiger partial charge in [-0.1, -0.05) is 18.3 Å². The molecule has 1 aliphatic heterocycles. The summed E-state index contributed by atoms with van der Waals surface area (Å²) in [5.41, 5.74) is 0. The quantitative estimate of drug-likeness (QED) is 0.899. The Morgan fingerprint density at radius 2 is 2.32 bits per heavy atom. The molecule has 0 saturated carbocycles. The largest absolute Gasteiger partial charge is 0.360 e. The van der Waals surface area contributed by atoms with Crippen LogP contribution in [0.3, 0.4) is 0 Å². The van der Waals surface area contributed by atoms with Crippen LogP contribution in [0.4, 0.5) is 5.13 Å². The van der Waals surface area contributed by atoms with E-state index in [-0.39, 0.29) is 0 Å². The smallest absolute Gasteiger partial charge is 0.205 e. The third-order valence-corrected chi connectivity index (χ3v) is 4.04. The molecule has 0 aliphatic carbocycles. The fourth-order valence-electron chi connectivity index (χ4n) is 2.17. The van der Waals surface area contributed by atoms with Gasteiger partial charge >= 0.3 is 0 Å². The molecule has 0 bridgehead atoms. The van der Waals surface area contributed by atoms with Crippen LogP contribution < -0.4 is 5.32 Å². The normalized spacial score (nSPS) is 15.4. The van der Waals surface area contributed by atoms with Gasteiger partial charge in [0.05, 0.1) is 13.1 Å². The van der Waals surface area contributed by atoms with Crippen LogP contribution in [0.25, 0.3) is 0 Å². The molecule has 102 valence electrons. The van der Waals surface area contributed by atoms with Crippen LogP contribution in [0.15, 0.2) is 12.4 Å². The van der Waals surface area contributed by atoms with E-state index in [1.165, 1.54) is 0 Å². The molecule has 1 aliphatic rings. The molecule has 1 N–H and O–H groups in total. The van der Waals surface area contributed by atoms with Crippen molar-refractivity contribution in [2.75, 3.05) is 18.4 Å². The number of fused-ring (bicyclic) bond motifs is 1. The summed E-state index contributed by atoms with van der Waals surface area (Å²) < 4.78 is 2.21. The molecule has 2 aromatic heterocycles. The molecular weight excluding hydrogens is 260 g/mol. The average molecular weight is 278 g/mol. The van der Waals surface area contributed by atoms with Crippen molar-refractivity contribution < 1.29 is 0 Å². The van der Waals surface area contributed by atoms with Crippen LogP contribution in [0, 0.1) is 0 Å². The van der Waals surface area contributed by atoms with Crippen molar-refractivity contribution in [1.29, 1.82) is 0 Å². The van der Waals surface area contributed by atoms with E-state index in [9.17, 15) is 0 Å². The number of anilines is 1. The van der Waals surface area contributed by atoms with E-state index in [4.69, 9.17) is 0 Å². The Kier molecular flexibility index (Phi) is 3.74. The molecule has 3 heterocycles. The number of nitrogens with one attached hydrogen (secondary N) is 1. The summed E-state index contributed by atoms with van der Waals surface area (Å²) in [6.45, 7) is 6.90. The third kappa shape index (κ3) is 2.93. The van der Waals surface area contributed by atoms with E-state index >= 15 is 0 Å². The highest BCUT2D eigenvalue weighted by Crippen LogP contribution is 2.19. The maximum absolute atomic E-state index is 4.37. The van der Waals surface area contributed by atoms with Crippen LogP contribution in [-0.2, 0) is 19.6 Å². The molecule has 0 atom stereocenters. The number of hydrogen-bond donors (Lipinski definition) is 1. The molecule has 0 spiro atoms. The van der Waals surface area contributed by atoms with Crippen LogP contribution in [0.5, 0.6) is 0 Å². The molecule has 7 heteroatoms. The lowest BCUT2D eigenvalue weighted by atomic mass is 10.3. The molecule has 19 heavy (non-hydrogen) atoms. The predicted molar refractivity (Wildman–Crippen MR) is 75.0 cm³/mol. The van der Waals surface area contributed by atoms with E-state index in [1.54, 1.807) is 11.3 Å². The number of imidazole rings is 1. The highest BCUT2D eigenvalue weighted by Gasteiger charge is 2.18. The Morgan fingerprint density at radius 1 is 1.37 bits per heavy atom. The zero-order valence-electron chi connectivity index (χ0n) is 11.0. The number of aromatic nitrogens is 4. The van der Waals surface area contributed by atoms with Gasteiger partial charge in [-0.2, -0.15) is 0 Å². The zero-order chi connectivity index (χ0) is 13.1. The van der Waals surface area contributed by atoms with Crippen molar-refractivity contribution in [3.63, 3.8) is 0 Å². The van der Waals surface area contributed by atoms with Crippen LogP contribution >= 0.6 is 11.3 Å². The average Bonchev–Trinajstić information content (AvgIpc) is 3.05. The Bertz CT molecular complexity index is 534. The first-order chi connectivity index (χ1) is 9.35. The van der Waals surface area contributed by atoms with E-state index in [0.717, 1.165) is 55.1 Å². The first kappa shape index (κ1) is 12.6. The summed E-state index contributed by atoms with van der Waals surface area (Å²) in [5, 5.41) is 13.7. The molecule has 0 unspecified atom stereocenters. The fourth-order valence-corrected chi connectivity index (χ4v) is 2.98. The summed E-state index contributed by atoms with van der Waals surface area (Å²) in [6, 6.07) is 0. The van der Waals surface area contributed by atoms with E-state index in [0.29, 0.717) is 0 Å². The van der Waals surface area contributed by atoms with Gasteiger partial charge in [0.25, 0.3) is 0 Å². The molecule has 6 nitrogen and oxygen atoms in total. The van der Waals surface area contributed by atoms with Crippen molar-refractivity contribution in [2.24, 2.45) is 0 Å². The van der Waals surface area contributed by atoms with Gasteiger partial charge in [-0.15, -0.1) is 10.2 Å². The van der Waals surface area contributed by atoms with Crippen molar-refractivity contribution >= 4 is 16.5 Å². The van der Waals surface area contributed by atoms with Gasteiger partial charge < -0.3 is 9.88 Å². The van der Waals surface area contributed by atoms with Crippen molar-refractivity contribution in [1.82, 2.24) is 24.6 Å². The Hall–Kier alpha value is -1.47. The van der Waals surface area contributed by atoms with Crippen LogP contribution in [0.2, 0.25) is 0 Å². The summed E-state index contributed by atoms with van der Waals surface area (Å²) in [5.74, 6) is 1.14. The first-order valence-electron chi connectivity index (χ1n) is 6.64. The molecule has 0 fully saturated rings. The van der Waals surface area contributed by atoms with Gasteiger partial charge in [-0.3, -0.25) is 4.90 Å². The molecule has 0 saturated heterocycles. The van der Waals surface area contributed by atoms with E-state index in [2.05, 4.69) is 36.9 Å². The minimum absolute atomic E-state index is 0.859. The van der Waals surface area contributed by atoms with Gasteiger partial charge in [0.2, 0.25) is 5.13 Å². The van der Waals surface area contributed by atoms with Gasteiger partial charge in [0, 0.05) is 32.0 Å². The minimum Gasteiger partial charge on any atom is -0.360 e. The Balaban J connectivity index is 1.58. The van der Waals surface area contributed by atoms with Crippen molar-refractivity contribution in [3.8, 4) is 0 Å². The highest BCUT2D eigenvalue weighted by atomic mass is 32.1. The number of hydrogen-bond acceptors (Lipinski definition) is 6. The maximum atomic E-state index is 4.37. The highest BCUT2D eigenvalue weighted by molar-refractivity contribution is 7.15. The Labute approximate surface area is 116 Å². The first-order valence-corrected chi connectivity index (χ1v) is 7.45. The SMILES string of the molecule is CCCNc1nnc(CN2CCn3ccnc3C2)s1. The molecular formula is C12H18N6S. The molecule has 0 aromatic carbocycles. The molecule has 0 radical (unpaired) electrons. The van der Waals surface area contributed by atoms with Crippen molar-refractivity contribution in [2.45, 2.75) is 33.0 Å². The van der Waals surface area contributed by atoms with Gasteiger partial charge in [0.15, 0.2) is 0 Å². The Morgan fingerprint density at radius 3 is 3.21 bits per heavy atom. The standard InChI is InChI=1S/C12H18N6S/c1-2-3-14-12-16-15-11(19-12)9-17-6-7-18-5-4-13-10(18)8-17/h4-5H,2-3,6-9H2,1H3,(H,14,16). The number of nitrogens with zero attached hydrogens (tertiary/aromatic N) is 5. The third-order valence-electron chi connectivity index (χ3n) is 3.18. The second kappa shape index (κ2) is 5.66. The second-order valence-electron chi connectivity index (χ2n) is 4.68. The minimum atomic E-state index is 0.859. The lowest BCUT2D eigenvalue weighted by Gasteiger charge is -2.26. The molecule has 0 amide bonds. The summed E-state index contributed by atoms with van der Waals surface area (Å²) in [7, 11) is 0. The monoisotopic (exact) mass is 278 g/mol. The lowest BCUT2D eigenvalue weighted by molar-refractivity contribution is 0.208. The van der Waals surface area contributed by atoms with Gasteiger partial charge in [0.1, 0.15) is 10.8 Å². The van der Waals surface area contributed by atoms with Crippen LogP contribution in [-0.4, -0.2) is 37.7 Å². The van der Waals surface area contributed by atoms with Gasteiger partial charge in [-0.05, 0) is 6.42 Å². The van der Waals surface area contributed by atoms with E-state index < -0.39 is 0 Å². The topological polar surface area (TPSA) is 58.9 Å². The maximum Gasteiger partial charge on any atom is 0.205 e.